The van der Waals surface area contributed by atoms with Crippen molar-refractivity contribution in [3.8, 4) is 0 Å². The number of hydrogen-bond donors (Lipinski definition) is 2. The second-order valence-electron chi connectivity index (χ2n) is 4.48. The second kappa shape index (κ2) is 5.22. The summed E-state index contributed by atoms with van der Waals surface area (Å²) in [7, 11) is 0. The molecule has 0 aliphatic rings. The molecule has 0 aliphatic carbocycles. The number of aliphatic hydroxyl groups excluding tert-OH is 1. The number of fused-ring (bicyclic) bond motifs is 1. The Labute approximate surface area is 124 Å². The minimum absolute atomic E-state index is 0.465. The zero-order valence-electron chi connectivity index (χ0n) is 10.8. The first-order valence-corrected chi connectivity index (χ1v) is 6.99. The molecule has 0 saturated heterocycles. The SMILES string of the molecule is CC(O)c1ccc(Nc2nc3c(Br)cccn3n2)cc1. The molecule has 3 aromatic rings. The van der Waals surface area contributed by atoms with Gasteiger partial charge in [-0.25, -0.2) is 4.52 Å². The van der Waals surface area contributed by atoms with Crippen molar-refractivity contribution >= 4 is 33.2 Å². The lowest BCUT2D eigenvalue weighted by molar-refractivity contribution is 0.199. The van der Waals surface area contributed by atoms with Crippen LogP contribution in [0.25, 0.3) is 5.65 Å². The lowest BCUT2D eigenvalue weighted by atomic mass is 10.1. The fourth-order valence-corrected chi connectivity index (χ4v) is 2.32. The van der Waals surface area contributed by atoms with Crippen molar-refractivity contribution in [2.75, 3.05) is 5.32 Å². The number of anilines is 2. The summed E-state index contributed by atoms with van der Waals surface area (Å²) >= 11 is 3.44. The van der Waals surface area contributed by atoms with Crippen LogP contribution in [-0.4, -0.2) is 19.7 Å². The maximum absolute atomic E-state index is 9.48. The first-order chi connectivity index (χ1) is 9.63. The van der Waals surface area contributed by atoms with E-state index in [-0.39, 0.29) is 0 Å². The van der Waals surface area contributed by atoms with Gasteiger partial charge < -0.3 is 10.4 Å². The average molecular weight is 333 g/mol. The molecule has 0 aliphatic heterocycles. The third-order valence-electron chi connectivity index (χ3n) is 2.96. The van der Waals surface area contributed by atoms with Gasteiger partial charge in [0.2, 0.25) is 5.95 Å². The van der Waals surface area contributed by atoms with Crippen molar-refractivity contribution in [1.29, 1.82) is 0 Å². The molecule has 1 unspecified atom stereocenters. The molecule has 20 heavy (non-hydrogen) atoms. The number of halogens is 1. The van der Waals surface area contributed by atoms with Crippen molar-refractivity contribution in [2.24, 2.45) is 0 Å². The zero-order valence-corrected chi connectivity index (χ0v) is 12.4. The van der Waals surface area contributed by atoms with Crippen LogP contribution in [0.5, 0.6) is 0 Å². The summed E-state index contributed by atoms with van der Waals surface area (Å²) in [6.07, 6.45) is 1.38. The Kier molecular flexibility index (Phi) is 3.42. The van der Waals surface area contributed by atoms with Crippen LogP contribution >= 0.6 is 15.9 Å². The second-order valence-corrected chi connectivity index (χ2v) is 5.34. The lowest BCUT2D eigenvalue weighted by Crippen LogP contribution is -1.95. The quantitative estimate of drug-likeness (QED) is 0.772. The Bertz CT molecular complexity index is 737. The van der Waals surface area contributed by atoms with Crippen LogP contribution in [0.2, 0.25) is 0 Å². The summed E-state index contributed by atoms with van der Waals surface area (Å²) in [5.41, 5.74) is 2.51. The molecule has 0 spiro atoms. The van der Waals surface area contributed by atoms with Crippen molar-refractivity contribution < 1.29 is 5.11 Å². The molecule has 2 heterocycles. The zero-order chi connectivity index (χ0) is 14.1. The number of rotatable bonds is 3. The fraction of sp³-hybridized carbons (Fsp3) is 0.143. The van der Waals surface area contributed by atoms with Crippen molar-refractivity contribution in [3.63, 3.8) is 0 Å². The smallest absolute Gasteiger partial charge is 0.247 e. The largest absolute Gasteiger partial charge is 0.389 e. The minimum atomic E-state index is -0.465. The van der Waals surface area contributed by atoms with Gasteiger partial charge in [-0.2, -0.15) is 4.98 Å². The molecule has 102 valence electrons. The van der Waals surface area contributed by atoms with Gasteiger partial charge in [-0.1, -0.05) is 12.1 Å². The fourth-order valence-electron chi connectivity index (χ4n) is 1.90. The van der Waals surface area contributed by atoms with Crippen molar-refractivity contribution in [1.82, 2.24) is 14.6 Å². The van der Waals surface area contributed by atoms with Gasteiger partial charge in [0.05, 0.1) is 10.6 Å². The normalized spacial score (nSPS) is 12.6. The number of nitrogens with one attached hydrogen (secondary N) is 1. The van der Waals surface area contributed by atoms with E-state index in [9.17, 15) is 5.11 Å². The highest BCUT2D eigenvalue weighted by Crippen LogP contribution is 2.20. The highest BCUT2D eigenvalue weighted by Gasteiger charge is 2.07. The molecule has 0 bridgehead atoms. The standard InChI is InChI=1S/C14H13BrN4O/c1-9(20)10-4-6-11(7-5-10)16-14-17-13-12(15)3-2-8-19(13)18-14/h2-9,20H,1H3,(H,16,18). The van der Waals surface area contributed by atoms with Crippen LogP contribution in [0.4, 0.5) is 11.6 Å². The summed E-state index contributed by atoms with van der Waals surface area (Å²) in [6.45, 7) is 1.74. The molecular weight excluding hydrogens is 320 g/mol. The van der Waals surface area contributed by atoms with Gasteiger partial charge in [-0.15, -0.1) is 5.10 Å². The Balaban J connectivity index is 1.87. The van der Waals surface area contributed by atoms with E-state index >= 15 is 0 Å². The molecule has 6 heteroatoms. The van der Waals surface area contributed by atoms with E-state index < -0.39 is 6.10 Å². The third kappa shape index (κ3) is 2.52. The minimum Gasteiger partial charge on any atom is -0.389 e. The third-order valence-corrected chi connectivity index (χ3v) is 3.58. The number of nitrogens with zero attached hydrogens (tertiary/aromatic N) is 3. The van der Waals surface area contributed by atoms with E-state index in [0.717, 1.165) is 21.4 Å². The maximum atomic E-state index is 9.48. The number of aliphatic hydroxyl groups is 1. The van der Waals surface area contributed by atoms with E-state index in [1.165, 1.54) is 0 Å². The van der Waals surface area contributed by atoms with Crippen LogP contribution in [0, 0.1) is 0 Å². The highest BCUT2D eigenvalue weighted by atomic mass is 79.9. The summed E-state index contributed by atoms with van der Waals surface area (Å²) in [6, 6.07) is 11.3. The van der Waals surface area contributed by atoms with Crippen LogP contribution < -0.4 is 5.32 Å². The van der Waals surface area contributed by atoms with E-state index in [1.807, 2.05) is 42.6 Å². The molecule has 1 atom stereocenters. The number of hydrogen-bond acceptors (Lipinski definition) is 4. The van der Waals surface area contributed by atoms with Crippen LogP contribution in [0.3, 0.4) is 0 Å². The van der Waals surface area contributed by atoms with E-state index in [0.29, 0.717) is 5.95 Å². The first-order valence-electron chi connectivity index (χ1n) is 6.19. The monoisotopic (exact) mass is 332 g/mol. The Morgan fingerprint density at radius 2 is 2.00 bits per heavy atom. The highest BCUT2D eigenvalue weighted by molar-refractivity contribution is 9.10. The summed E-state index contributed by atoms with van der Waals surface area (Å²) < 4.78 is 2.60. The van der Waals surface area contributed by atoms with Gasteiger partial charge in [-0.05, 0) is 52.7 Å². The summed E-state index contributed by atoms with van der Waals surface area (Å²) in [4.78, 5) is 4.41. The number of pyridine rings is 1. The summed E-state index contributed by atoms with van der Waals surface area (Å²) in [5.74, 6) is 0.529. The maximum Gasteiger partial charge on any atom is 0.247 e. The van der Waals surface area contributed by atoms with Gasteiger partial charge in [0.15, 0.2) is 5.65 Å². The molecule has 0 saturated carbocycles. The molecule has 2 aromatic heterocycles. The molecule has 0 amide bonds. The molecule has 0 radical (unpaired) electrons. The number of aromatic nitrogens is 3. The topological polar surface area (TPSA) is 62.5 Å². The first kappa shape index (κ1) is 13.1. The molecule has 0 fully saturated rings. The van der Waals surface area contributed by atoms with Crippen LogP contribution in [-0.2, 0) is 0 Å². The van der Waals surface area contributed by atoms with Crippen LogP contribution in [0.1, 0.15) is 18.6 Å². The Morgan fingerprint density at radius 1 is 1.25 bits per heavy atom. The van der Waals surface area contributed by atoms with E-state index in [4.69, 9.17) is 0 Å². The van der Waals surface area contributed by atoms with Crippen molar-refractivity contribution in [2.45, 2.75) is 13.0 Å². The van der Waals surface area contributed by atoms with Gasteiger partial charge in [-0.3, -0.25) is 0 Å². The molecule has 2 N–H and O–H groups in total. The number of benzene rings is 1. The van der Waals surface area contributed by atoms with Crippen molar-refractivity contribution in [3.05, 3.63) is 52.6 Å². The van der Waals surface area contributed by atoms with E-state index in [1.54, 1.807) is 11.4 Å². The summed E-state index contributed by atoms with van der Waals surface area (Å²) in [5, 5.41) is 17.0. The van der Waals surface area contributed by atoms with Gasteiger partial charge in [0, 0.05) is 11.9 Å². The van der Waals surface area contributed by atoms with Gasteiger partial charge >= 0.3 is 0 Å². The Morgan fingerprint density at radius 3 is 2.65 bits per heavy atom. The van der Waals surface area contributed by atoms with Gasteiger partial charge in [0.25, 0.3) is 0 Å². The molecule has 3 rings (SSSR count). The van der Waals surface area contributed by atoms with Crippen LogP contribution in [0.15, 0.2) is 47.1 Å². The van der Waals surface area contributed by atoms with E-state index in [2.05, 4.69) is 31.3 Å². The average Bonchev–Trinajstić information content (AvgIpc) is 2.83. The molecule has 1 aromatic carbocycles. The predicted molar refractivity (Wildman–Crippen MR) is 81.0 cm³/mol. The molecule has 5 nitrogen and oxygen atoms in total. The predicted octanol–water partition coefficient (Wildman–Crippen LogP) is 3.29. The lowest BCUT2D eigenvalue weighted by Gasteiger charge is -2.06. The van der Waals surface area contributed by atoms with Gasteiger partial charge in [0.1, 0.15) is 0 Å². The Hall–Kier alpha value is -1.92. The molecular formula is C14H13BrN4O.